The van der Waals surface area contributed by atoms with E-state index in [1.165, 1.54) is 6.20 Å². The van der Waals surface area contributed by atoms with Gasteiger partial charge in [-0.25, -0.2) is 19.4 Å². The lowest BCUT2D eigenvalue weighted by Gasteiger charge is -2.29. The zero-order chi connectivity index (χ0) is 25.6. The third-order valence-electron chi connectivity index (χ3n) is 7.14. The molecule has 192 valence electrons. The summed E-state index contributed by atoms with van der Waals surface area (Å²) in [6, 6.07) is 0. The molecule has 3 aliphatic rings. The van der Waals surface area contributed by atoms with Crippen LogP contribution in [0.2, 0.25) is 0 Å². The van der Waals surface area contributed by atoms with Crippen LogP contribution < -0.4 is 16.8 Å². The molecule has 11 nitrogen and oxygen atoms in total. The standard InChI is InChI=1S/C25H33N7O4/c1-25(2)10-16-19(17(33)11-25)15(9-13-7-8-13)31-32(16)18-12-28-20(22(27)34)23(29-18)30-21(26)24(35)36-14-5-3-4-6-14/h12-14,21H,3-11,26H2,1-2H3,(H2,27,34)(H,29,30). The Morgan fingerprint density at radius 1 is 1.22 bits per heavy atom. The molecule has 5 rings (SSSR count). The van der Waals surface area contributed by atoms with Gasteiger partial charge in [0.05, 0.1) is 23.1 Å². The summed E-state index contributed by atoms with van der Waals surface area (Å²) in [6.07, 6.45) is 7.74. The molecule has 1 unspecified atom stereocenters. The molecule has 11 heteroatoms. The quantitative estimate of drug-likeness (QED) is 0.366. The first kappa shape index (κ1) is 24.4. The number of hydrogen-bond acceptors (Lipinski definition) is 9. The Bertz CT molecular complexity index is 1210. The second kappa shape index (κ2) is 9.27. The molecule has 0 radical (unpaired) electrons. The Hall–Kier alpha value is -3.34. The van der Waals surface area contributed by atoms with Crippen molar-refractivity contribution in [2.75, 3.05) is 5.32 Å². The number of nitrogens with zero attached hydrogens (tertiary/aromatic N) is 4. The third-order valence-corrected chi connectivity index (χ3v) is 7.14. The van der Waals surface area contributed by atoms with Crippen LogP contribution in [-0.2, 0) is 22.4 Å². The number of fused-ring (bicyclic) bond motifs is 1. The Kier molecular flexibility index (Phi) is 6.27. The van der Waals surface area contributed by atoms with Gasteiger partial charge in [-0.15, -0.1) is 0 Å². The van der Waals surface area contributed by atoms with Gasteiger partial charge in [0.15, 0.2) is 29.3 Å². The molecular formula is C25H33N7O4. The fourth-order valence-electron chi connectivity index (χ4n) is 5.17. The number of carbonyl (C=O) groups excluding carboxylic acids is 3. The topological polar surface area (TPSA) is 168 Å². The lowest BCUT2D eigenvalue weighted by atomic mass is 9.75. The number of carbonyl (C=O) groups is 3. The number of aromatic nitrogens is 4. The van der Waals surface area contributed by atoms with Crippen molar-refractivity contribution in [1.82, 2.24) is 19.7 Å². The molecule has 36 heavy (non-hydrogen) atoms. The van der Waals surface area contributed by atoms with Crippen molar-refractivity contribution < 1.29 is 19.1 Å². The van der Waals surface area contributed by atoms with Crippen LogP contribution in [0.1, 0.15) is 91.0 Å². The summed E-state index contributed by atoms with van der Waals surface area (Å²) in [4.78, 5) is 46.4. The van der Waals surface area contributed by atoms with Crippen LogP contribution in [0.15, 0.2) is 6.20 Å². The van der Waals surface area contributed by atoms with E-state index in [1.807, 2.05) is 0 Å². The number of nitrogens with one attached hydrogen (secondary N) is 1. The van der Waals surface area contributed by atoms with E-state index in [-0.39, 0.29) is 28.8 Å². The molecule has 3 aliphatic carbocycles. The van der Waals surface area contributed by atoms with Crippen molar-refractivity contribution in [3.8, 4) is 5.82 Å². The fourth-order valence-corrected chi connectivity index (χ4v) is 5.17. The SMILES string of the molecule is CC1(C)CC(=O)c2c(CC3CC3)nn(-c3cnc(C(N)=O)c(NC(N)C(=O)OC4CCCC4)n3)c2C1. The Balaban J connectivity index is 1.48. The third kappa shape index (κ3) is 4.97. The maximum absolute atomic E-state index is 13.1. The monoisotopic (exact) mass is 495 g/mol. The number of Topliss-reactive ketones (excluding diaryl/α,β-unsaturated/α-hetero) is 1. The van der Waals surface area contributed by atoms with Gasteiger partial charge >= 0.3 is 5.97 Å². The van der Waals surface area contributed by atoms with E-state index in [1.54, 1.807) is 4.68 Å². The number of anilines is 1. The minimum Gasteiger partial charge on any atom is -0.460 e. The van der Waals surface area contributed by atoms with Crippen molar-refractivity contribution in [2.45, 2.75) is 83.9 Å². The number of esters is 1. The molecule has 2 fully saturated rings. The minimum absolute atomic E-state index is 0.0368. The van der Waals surface area contributed by atoms with Crippen molar-refractivity contribution in [3.05, 3.63) is 28.8 Å². The number of ether oxygens (including phenoxy) is 1. The molecule has 0 spiro atoms. The Morgan fingerprint density at radius 3 is 2.61 bits per heavy atom. The largest absolute Gasteiger partial charge is 0.460 e. The first-order valence-electron chi connectivity index (χ1n) is 12.6. The lowest BCUT2D eigenvalue weighted by Crippen LogP contribution is -2.42. The zero-order valence-electron chi connectivity index (χ0n) is 20.7. The molecule has 0 bridgehead atoms. The van der Waals surface area contributed by atoms with Crippen LogP contribution in [0.25, 0.3) is 5.82 Å². The van der Waals surface area contributed by atoms with Crippen LogP contribution >= 0.6 is 0 Å². The number of ketones is 1. The van der Waals surface area contributed by atoms with Crippen LogP contribution in [0.4, 0.5) is 5.82 Å². The maximum Gasteiger partial charge on any atom is 0.343 e. The highest BCUT2D eigenvalue weighted by Crippen LogP contribution is 2.40. The minimum atomic E-state index is -1.26. The number of primary amides is 1. The van der Waals surface area contributed by atoms with Gasteiger partial charge in [-0.05, 0) is 62.7 Å². The summed E-state index contributed by atoms with van der Waals surface area (Å²) in [5.41, 5.74) is 13.4. The van der Waals surface area contributed by atoms with Gasteiger partial charge in [-0.1, -0.05) is 13.8 Å². The highest BCUT2D eigenvalue weighted by atomic mass is 16.5. The predicted octanol–water partition coefficient (Wildman–Crippen LogP) is 2.05. The molecule has 5 N–H and O–H groups in total. The Morgan fingerprint density at radius 2 is 1.94 bits per heavy atom. The number of hydrogen-bond donors (Lipinski definition) is 3. The van der Waals surface area contributed by atoms with E-state index in [0.717, 1.165) is 56.3 Å². The number of rotatable bonds is 8. The first-order valence-corrected chi connectivity index (χ1v) is 12.6. The molecule has 1 amide bonds. The molecule has 2 saturated carbocycles. The smallest absolute Gasteiger partial charge is 0.343 e. The number of nitrogens with two attached hydrogens (primary N) is 2. The van der Waals surface area contributed by atoms with E-state index in [4.69, 9.17) is 21.3 Å². The normalized spacial score (nSPS) is 20.1. The molecule has 2 aromatic heterocycles. The van der Waals surface area contributed by atoms with Gasteiger partial charge in [0, 0.05) is 6.42 Å². The predicted molar refractivity (Wildman–Crippen MR) is 130 cm³/mol. The van der Waals surface area contributed by atoms with Crippen molar-refractivity contribution in [1.29, 1.82) is 0 Å². The van der Waals surface area contributed by atoms with Crippen LogP contribution in [0, 0.1) is 11.3 Å². The molecule has 1 atom stereocenters. The van der Waals surface area contributed by atoms with Crippen molar-refractivity contribution in [2.24, 2.45) is 22.8 Å². The van der Waals surface area contributed by atoms with E-state index in [9.17, 15) is 14.4 Å². The summed E-state index contributed by atoms with van der Waals surface area (Å²) < 4.78 is 7.11. The molecule has 2 aromatic rings. The first-order chi connectivity index (χ1) is 17.1. The van der Waals surface area contributed by atoms with E-state index < -0.39 is 18.0 Å². The summed E-state index contributed by atoms with van der Waals surface area (Å²) in [5.74, 6) is -0.557. The van der Waals surface area contributed by atoms with E-state index in [2.05, 4.69) is 29.1 Å². The molecule has 0 saturated heterocycles. The molecular weight excluding hydrogens is 462 g/mol. The average Bonchev–Trinajstić information content (AvgIpc) is 3.33. The molecule has 2 heterocycles. The molecule has 0 aliphatic heterocycles. The van der Waals surface area contributed by atoms with Gasteiger partial charge in [-0.2, -0.15) is 5.10 Å². The highest BCUT2D eigenvalue weighted by molar-refractivity contribution is 6.00. The van der Waals surface area contributed by atoms with Gasteiger partial charge in [0.1, 0.15) is 6.10 Å². The average molecular weight is 496 g/mol. The molecule has 0 aromatic carbocycles. The summed E-state index contributed by atoms with van der Waals surface area (Å²) in [5, 5.41) is 7.53. The summed E-state index contributed by atoms with van der Waals surface area (Å²) in [6.45, 7) is 4.10. The van der Waals surface area contributed by atoms with Crippen molar-refractivity contribution >= 4 is 23.5 Å². The lowest BCUT2D eigenvalue weighted by molar-refractivity contribution is -0.149. The van der Waals surface area contributed by atoms with Gasteiger partial charge in [0.2, 0.25) is 0 Å². The number of amides is 1. The fraction of sp³-hybridized carbons (Fsp3) is 0.600. The van der Waals surface area contributed by atoms with Gasteiger partial charge in [0.25, 0.3) is 5.91 Å². The van der Waals surface area contributed by atoms with Gasteiger partial charge < -0.3 is 21.5 Å². The summed E-state index contributed by atoms with van der Waals surface area (Å²) >= 11 is 0. The maximum atomic E-state index is 13.1. The second-order valence-corrected chi connectivity index (χ2v) is 11.0. The van der Waals surface area contributed by atoms with E-state index in [0.29, 0.717) is 30.1 Å². The van der Waals surface area contributed by atoms with Crippen molar-refractivity contribution in [3.63, 3.8) is 0 Å². The summed E-state index contributed by atoms with van der Waals surface area (Å²) in [7, 11) is 0. The van der Waals surface area contributed by atoms with Crippen LogP contribution in [-0.4, -0.2) is 49.7 Å². The zero-order valence-corrected chi connectivity index (χ0v) is 20.7. The highest BCUT2D eigenvalue weighted by Gasteiger charge is 2.38. The van der Waals surface area contributed by atoms with Crippen LogP contribution in [0.5, 0.6) is 0 Å². The Labute approximate surface area is 209 Å². The van der Waals surface area contributed by atoms with Crippen LogP contribution in [0.3, 0.4) is 0 Å². The van der Waals surface area contributed by atoms with E-state index >= 15 is 0 Å². The second-order valence-electron chi connectivity index (χ2n) is 11.0. The van der Waals surface area contributed by atoms with Gasteiger partial charge in [-0.3, -0.25) is 9.59 Å².